The molecule has 0 spiro atoms. The van der Waals surface area contributed by atoms with Gasteiger partial charge in [0.15, 0.2) is 5.11 Å². The average Bonchev–Trinajstić information content (AvgIpc) is 2.67. The summed E-state index contributed by atoms with van der Waals surface area (Å²) in [6.45, 7) is 4.75. The number of hydrogen-bond acceptors (Lipinski definition) is 7. The van der Waals surface area contributed by atoms with Crippen LogP contribution in [0.1, 0.15) is 26.7 Å². The first-order valence-corrected chi connectivity index (χ1v) is 10.9. The van der Waals surface area contributed by atoms with Crippen molar-refractivity contribution in [2.24, 2.45) is 0 Å². The summed E-state index contributed by atoms with van der Waals surface area (Å²) in [5, 5.41) is 5.30. The van der Waals surface area contributed by atoms with Gasteiger partial charge in [-0.25, -0.2) is 8.42 Å². The minimum absolute atomic E-state index is 0.0436. The van der Waals surface area contributed by atoms with Gasteiger partial charge in [0.25, 0.3) is 0 Å². The average molecular weight is 446 g/mol. The molecule has 1 rings (SSSR count). The van der Waals surface area contributed by atoms with E-state index in [-0.39, 0.29) is 29.5 Å². The second kappa shape index (κ2) is 12.5. The Hall–Kier alpha value is -2.08. The van der Waals surface area contributed by atoms with Gasteiger partial charge in [-0.15, -0.1) is 0 Å². The molecular formula is C18H27N3O6S2. The van der Waals surface area contributed by atoms with E-state index < -0.39 is 21.9 Å². The fourth-order valence-corrected chi connectivity index (χ4v) is 3.99. The highest BCUT2D eigenvalue weighted by molar-refractivity contribution is 7.89. The first-order valence-electron chi connectivity index (χ1n) is 9.10. The summed E-state index contributed by atoms with van der Waals surface area (Å²) in [4.78, 5) is 23.5. The SMILES string of the molecule is CCN(CC)S(=O)(=O)c1ccc(NC(=S)NC(=O)CCC(=O)OCCOC)cc1. The van der Waals surface area contributed by atoms with E-state index in [1.807, 2.05) is 0 Å². The molecule has 0 bridgehead atoms. The second-order valence-electron chi connectivity index (χ2n) is 5.83. The maximum absolute atomic E-state index is 12.5. The van der Waals surface area contributed by atoms with E-state index >= 15 is 0 Å². The quantitative estimate of drug-likeness (QED) is 0.299. The minimum atomic E-state index is -3.54. The van der Waals surface area contributed by atoms with Crippen LogP contribution in [0.3, 0.4) is 0 Å². The third-order valence-corrected chi connectivity index (χ3v) is 6.08. The van der Waals surface area contributed by atoms with E-state index in [1.54, 1.807) is 26.0 Å². The van der Waals surface area contributed by atoms with Crippen molar-refractivity contribution in [2.75, 3.05) is 38.7 Å². The monoisotopic (exact) mass is 445 g/mol. The minimum Gasteiger partial charge on any atom is -0.463 e. The van der Waals surface area contributed by atoms with Crippen molar-refractivity contribution in [3.05, 3.63) is 24.3 Å². The van der Waals surface area contributed by atoms with Gasteiger partial charge >= 0.3 is 5.97 Å². The molecule has 0 heterocycles. The third kappa shape index (κ3) is 8.44. The van der Waals surface area contributed by atoms with Gasteiger partial charge in [0.2, 0.25) is 15.9 Å². The fourth-order valence-electron chi connectivity index (χ4n) is 2.30. The number of amides is 1. The fraction of sp³-hybridized carbons (Fsp3) is 0.500. The number of methoxy groups -OCH3 is 1. The van der Waals surface area contributed by atoms with Crippen LogP contribution in [0.5, 0.6) is 0 Å². The number of nitrogens with one attached hydrogen (secondary N) is 2. The Balaban J connectivity index is 2.52. The lowest BCUT2D eigenvalue weighted by Crippen LogP contribution is -2.34. The maximum atomic E-state index is 12.5. The van der Waals surface area contributed by atoms with Crippen molar-refractivity contribution in [3.8, 4) is 0 Å². The van der Waals surface area contributed by atoms with Gasteiger partial charge in [-0.1, -0.05) is 13.8 Å². The van der Waals surface area contributed by atoms with E-state index in [0.29, 0.717) is 25.4 Å². The van der Waals surface area contributed by atoms with E-state index in [9.17, 15) is 18.0 Å². The van der Waals surface area contributed by atoms with Crippen LogP contribution in [0, 0.1) is 0 Å². The molecule has 0 unspecified atom stereocenters. The van der Waals surface area contributed by atoms with Crippen LogP contribution in [-0.4, -0.2) is 63.1 Å². The molecular weight excluding hydrogens is 418 g/mol. The zero-order chi connectivity index (χ0) is 21.9. The standard InChI is InChI=1S/C18H27N3O6S2/c1-4-21(5-2)29(24,25)15-8-6-14(7-9-15)19-18(28)20-16(22)10-11-17(23)27-13-12-26-3/h6-9H,4-5,10-13H2,1-3H3,(H2,19,20,22,28). The van der Waals surface area contributed by atoms with Crippen molar-refractivity contribution in [1.29, 1.82) is 0 Å². The number of thiocarbonyl (C=S) groups is 1. The lowest BCUT2D eigenvalue weighted by atomic mass is 10.3. The Kier molecular flexibility index (Phi) is 10.7. The molecule has 2 N–H and O–H groups in total. The summed E-state index contributed by atoms with van der Waals surface area (Å²) in [7, 11) is -2.05. The zero-order valence-corrected chi connectivity index (χ0v) is 18.4. The number of benzene rings is 1. The normalized spacial score (nSPS) is 11.2. The van der Waals surface area contributed by atoms with Gasteiger partial charge in [0, 0.05) is 32.3 Å². The van der Waals surface area contributed by atoms with Crippen molar-refractivity contribution < 1.29 is 27.5 Å². The van der Waals surface area contributed by atoms with Crippen LogP contribution in [-0.2, 0) is 29.1 Å². The molecule has 0 fully saturated rings. The van der Waals surface area contributed by atoms with Crippen LogP contribution in [0.4, 0.5) is 5.69 Å². The summed E-state index contributed by atoms with van der Waals surface area (Å²) >= 11 is 5.06. The van der Waals surface area contributed by atoms with Gasteiger partial charge in [-0.05, 0) is 36.5 Å². The van der Waals surface area contributed by atoms with Gasteiger partial charge in [0.1, 0.15) is 6.61 Å². The maximum Gasteiger partial charge on any atom is 0.306 e. The van der Waals surface area contributed by atoms with Crippen LogP contribution < -0.4 is 10.6 Å². The molecule has 0 aromatic heterocycles. The summed E-state index contributed by atoms with van der Waals surface area (Å²) in [5.41, 5.74) is 0.521. The number of sulfonamides is 1. The molecule has 0 atom stereocenters. The number of nitrogens with zero attached hydrogens (tertiary/aromatic N) is 1. The molecule has 0 saturated heterocycles. The van der Waals surface area contributed by atoms with Crippen molar-refractivity contribution in [2.45, 2.75) is 31.6 Å². The van der Waals surface area contributed by atoms with E-state index in [2.05, 4.69) is 10.6 Å². The Morgan fingerprint density at radius 1 is 1.07 bits per heavy atom. The Morgan fingerprint density at radius 3 is 2.24 bits per heavy atom. The van der Waals surface area contributed by atoms with Crippen molar-refractivity contribution in [3.63, 3.8) is 0 Å². The number of carbonyl (C=O) groups excluding carboxylic acids is 2. The first kappa shape index (κ1) is 25.0. The predicted octanol–water partition coefficient (Wildman–Crippen LogP) is 1.50. The number of carbonyl (C=O) groups is 2. The van der Waals surface area contributed by atoms with Gasteiger partial charge in [0.05, 0.1) is 17.9 Å². The molecule has 0 radical (unpaired) electrons. The number of esters is 1. The number of rotatable bonds is 11. The highest BCUT2D eigenvalue weighted by Crippen LogP contribution is 2.18. The van der Waals surface area contributed by atoms with Crippen molar-refractivity contribution in [1.82, 2.24) is 9.62 Å². The van der Waals surface area contributed by atoms with E-state index in [4.69, 9.17) is 21.7 Å². The zero-order valence-electron chi connectivity index (χ0n) is 16.8. The van der Waals surface area contributed by atoms with Crippen LogP contribution in [0.15, 0.2) is 29.2 Å². The van der Waals surface area contributed by atoms with Crippen LogP contribution >= 0.6 is 12.2 Å². The largest absolute Gasteiger partial charge is 0.463 e. The topological polar surface area (TPSA) is 114 Å². The molecule has 0 aliphatic heterocycles. The Morgan fingerprint density at radius 2 is 1.69 bits per heavy atom. The summed E-state index contributed by atoms with van der Waals surface area (Å²) in [6, 6.07) is 6.05. The summed E-state index contributed by atoms with van der Waals surface area (Å²) in [6.07, 6.45) is -0.148. The molecule has 1 aromatic carbocycles. The molecule has 0 aliphatic carbocycles. The van der Waals surface area contributed by atoms with Crippen molar-refractivity contribution >= 4 is 44.9 Å². The van der Waals surface area contributed by atoms with Gasteiger partial charge in [-0.3, -0.25) is 9.59 Å². The van der Waals surface area contributed by atoms with E-state index in [1.165, 1.54) is 23.5 Å². The summed E-state index contributed by atoms with van der Waals surface area (Å²) < 4.78 is 35.9. The smallest absolute Gasteiger partial charge is 0.306 e. The summed E-state index contributed by atoms with van der Waals surface area (Å²) in [5.74, 6) is -0.937. The lowest BCUT2D eigenvalue weighted by molar-refractivity contribution is -0.146. The van der Waals surface area contributed by atoms with E-state index in [0.717, 1.165) is 0 Å². The highest BCUT2D eigenvalue weighted by atomic mass is 32.2. The Labute approximate surface area is 176 Å². The molecule has 0 saturated carbocycles. The molecule has 1 aromatic rings. The molecule has 29 heavy (non-hydrogen) atoms. The van der Waals surface area contributed by atoms with Crippen LogP contribution in [0.2, 0.25) is 0 Å². The Bertz CT molecular complexity index is 792. The molecule has 0 aliphatic rings. The third-order valence-electron chi connectivity index (χ3n) is 3.82. The molecule has 1 amide bonds. The first-order chi connectivity index (χ1) is 13.7. The lowest BCUT2D eigenvalue weighted by Gasteiger charge is -2.18. The number of ether oxygens (including phenoxy) is 2. The molecule has 11 heteroatoms. The van der Waals surface area contributed by atoms with Crippen LogP contribution in [0.25, 0.3) is 0 Å². The second-order valence-corrected chi connectivity index (χ2v) is 8.18. The van der Waals surface area contributed by atoms with Gasteiger partial charge in [-0.2, -0.15) is 4.31 Å². The predicted molar refractivity (Wildman–Crippen MR) is 113 cm³/mol. The molecule has 162 valence electrons. The highest BCUT2D eigenvalue weighted by Gasteiger charge is 2.21. The number of anilines is 1. The molecule has 9 nitrogen and oxygen atoms in total. The van der Waals surface area contributed by atoms with Gasteiger partial charge < -0.3 is 20.1 Å². The number of hydrogen-bond donors (Lipinski definition) is 2.